The van der Waals surface area contributed by atoms with Crippen LogP contribution in [0.2, 0.25) is 0 Å². The highest BCUT2D eigenvalue weighted by atomic mass is 19.1. The molecule has 2 amide bonds. The zero-order valence-corrected chi connectivity index (χ0v) is 30.3. The van der Waals surface area contributed by atoms with E-state index in [0.717, 1.165) is 51.4 Å². The third-order valence-corrected chi connectivity index (χ3v) is 11.1. The highest BCUT2D eigenvalue weighted by molar-refractivity contribution is 6.13. The number of hydrogen-bond donors (Lipinski definition) is 2. The van der Waals surface area contributed by atoms with E-state index in [1.165, 1.54) is 39.9 Å². The van der Waals surface area contributed by atoms with Crippen LogP contribution in [0.1, 0.15) is 52.9 Å². The van der Waals surface area contributed by atoms with E-state index >= 15 is 4.39 Å². The van der Waals surface area contributed by atoms with Crippen LogP contribution in [0, 0.1) is 11.2 Å². The Kier molecular flexibility index (Phi) is 8.45. The number of pyridine rings is 2. The Morgan fingerprint density at radius 1 is 1.04 bits per heavy atom. The summed E-state index contributed by atoms with van der Waals surface area (Å²) in [5.74, 6) is -0.881. The summed E-state index contributed by atoms with van der Waals surface area (Å²) in [4.78, 5) is 52.0. The van der Waals surface area contributed by atoms with Crippen molar-refractivity contribution >= 4 is 34.7 Å². The van der Waals surface area contributed by atoms with Gasteiger partial charge in [0.1, 0.15) is 23.0 Å². The summed E-state index contributed by atoms with van der Waals surface area (Å²) in [5, 5.41) is 5.84. The Morgan fingerprint density at radius 2 is 1.85 bits per heavy atom. The van der Waals surface area contributed by atoms with E-state index in [4.69, 9.17) is 4.74 Å². The molecule has 52 heavy (non-hydrogen) atoms. The molecule has 8 rings (SSSR count). The van der Waals surface area contributed by atoms with Gasteiger partial charge in [0.15, 0.2) is 0 Å². The largest absolute Gasteiger partial charge is 0.378 e. The van der Waals surface area contributed by atoms with Crippen LogP contribution < -0.4 is 26.0 Å². The Bertz CT molecular complexity index is 2140. The Labute approximate surface area is 302 Å². The second-order valence-corrected chi connectivity index (χ2v) is 15.4. The minimum atomic E-state index is -0.604. The van der Waals surface area contributed by atoms with Gasteiger partial charge in [0.25, 0.3) is 17.4 Å². The van der Waals surface area contributed by atoms with Gasteiger partial charge < -0.3 is 34.3 Å². The van der Waals surface area contributed by atoms with Crippen LogP contribution in [0.5, 0.6) is 0 Å². The van der Waals surface area contributed by atoms with Crippen molar-refractivity contribution in [3.05, 3.63) is 87.5 Å². The molecule has 1 aliphatic carbocycles. The first-order valence-electron chi connectivity index (χ1n) is 18.0. The van der Waals surface area contributed by atoms with Crippen molar-refractivity contribution in [2.75, 3.05) is 61.6 Å². The van der Waals surface area contributed by atoms with Gasteiger partial charge in [-0.3, -0.25) is 19.3 Å². The zero-order chi connectivity index (χ0) is 36.5. The molecule has 3 aliphatic heterocycles. The van der Waals surface area contributed by atoms with Crippen molar-refractivity contribution in [3.8, 4) is 11.1 Å². The molecular weight excluding hydrogens is 663 g/mol. The predicted molar refractivity (Wildman–Crippen MR) is 198 cm³/mol. The lowest BCUT2D eigenvalue weighted by Gasteiger charge is -2.46. The average molecular weight is 709 g/mol. The number of aryl methyl sites for hydroxylation is 1. The van der Waals surface area contributed by atoms with E-state index in [-0.39, 0.29) is 45.9 Å². The molecule has 1 atom stereocenters. The van der Waals surface area contributed by atoms with Gasteiger partial charge in [-0.15, -0.1) is 0 Å². The molecule has 4 aromatic rings. The van der Waals surface area contributed by atoms with Crippen LogP contribution in [-0.4, -0.2) is 89.4 Å². The molecule has 2 saturated heterocycles. The Hall–Kier alpha value is -5.01. The first-order chi connectivity index (χ1) is 24.9. The predicted octanol–water partition coefficient (Wildman–Crippen LogP) is 4.19. The Balaban J connectivity index is 1.09. The van der Waals surface area contributed by atoms with Gasteiger partial charge in [-0.2, -0.15) is 0 Å². The van der Waals surface area contributed by atoms with Crippen molar-refractivity contribution in [2.24, 2.45) is 12.5 Å². The molecule has 0 spiro atoms. The fourth-order valence-electron chi connectivity index (χ4n) is 8.39. The highest BCUT2D eigenvalue weighted by Gasteiger charge is 2.38. The second-order valence-electron chi connectivity index (χ2n) is 15.4. The normalized spacial score (nSPS) is 20.0. The second kappa shape index (κ2) is 12.9. The third-order valence-electron chi connectivity index (χ3n) is 11.1. The number of anilines is 4. The standard InChI is InChI=1S/C39H45FN8O4/c1-23-19-45(28-21-52-22-28)8-9-46(23)27-6-7-34(42-18-27)43-30-12-25(20-44(5)37(30)50)29-14-26(40)15-31(35(29)36(49)41-4)48-11-10-47-32(38(48)51)13-24-16-39(2,3)17-33(24)47/h6-7,12-15,18,20,23,28H,8-11,16-17,19,21-22H2,1-5H3,(H,41,49)(H,42,43). The molecule has 0 bridgehead atoms. The maximum atomic E-state index is 15.6. The molecule has 2 N–H and O–H groups in total. The first-order valence-corrected chi connectivity index (χ1v) is 18.0. The zero-order valence-electron chi connectivity index (χ0n) is 30.3. The maximum Gasteiger partial charge on any atom is 0.274 e. The number of benzene rings is 1. The van der Waals surface area contributed by atoms with Crippen LogP contribution >= 0.6 is 0 Å². The molecule has 4 aliphatic rings. The smallest absolute Gasteiger partial charge is 0.274 e. The number of carbonyl (C=O) groups excluding carboxylic acids is 2. The number of fused-ring (bicyclic) bond motifs is 3. The number of aromatic nitrogens is 3. The lowest BCUT2D eigenvalue weighted by molar-refractivity contribution is -0.0691. The van der Waals surface area contributed by atoms with Crippen molar-refractivity contribution in [1.82, 2.24) is 24.3 Å². The number of halogens is 1. The molecule has 272 valence electrons. The van der Waals surface area contributed by atoms with Gasteiger partial charge in [-0.25, -0.2) is 9.37 Å². The monoisotopic (exact) mass is 708 g/mol. The van der Waals surface area contributed by atoms with E-state index in [1.54, 1.807) is 25.5 Å². The fourth-order valence-corrected chi connectivity index (χ4v) is 8.39. The number of piperazine rings is 1. The topological polar surface area (TPSA) is 117 Å². The lowest BCUT2D eigenvalue weighted by atomic mass is 9.90. The highest BCUT2D eigenvalue weighted by Crippen LogP contribution is 2.41. The molecule has 3 aromatic heterocycles. The summed E-state index contributed by atoms with van der Waals surface area (Å²) in [6, 6.07) is 10.7. The molecule has 1 unspecified atom stereocenters. The number of carbonyl (C=O) groups is 2. The van der Waals surface area contributed by atoms with E-state index in [0.29, 0.717) is 35.7 Å². The van der Waals surface area contributed by atoms with Gasteiger partial charge in [0.05, 0.1) is 42.4 Å². The van der Waals surface area contributed by atoms with Crippen LogP contribution in [0.4, 0.5) is 27.3 Å². The average Bonchev–Trinajstić information content (AvgIpc) is 3.58. The van der Waals surface area contributed by atoms with E-state index < -0.39 is 11.7 Å². The molecule has 0 saturated carbocycles. The van der Waals surface area contributed by atoms with Crippen molar-refractivity contribution in [2.45, 2.75) is 52.2 Å². The van der Waals surface area contributed by atoms with Gasteiger partial charge >= 0.3 is 0 Å². The van der Waals surface area contributed by atoms with E-state index in [2.05, 4.69) is 50.8 Å². The van der Waals surface area contributed by atoms with Crippen LogP contribution in [0.15, 0.2) is 53.6 Å². The number of rotatable bonds is 7. The number of amides is 2. The number of ether oxygens (including phenoxy) is 1. The van der Waals surface area contributed by atoms with Crippen molar-refractivity contribution < 1.29 is 18.7 Å². The molecule has 2 fully saturated rings. The minimum Gasteiger partial charge on any atom is -0.378 e. The van der Waals surface area contributed by atoms with Crippen LogP contribution in [0.3, 0.4) is 0 Å². The summed E-state index contributed by atoms with van der Waals surface area (Å²) in [6.07, 6.45) is 5.15. The van der Waals surface area contributed by atoms with Gasteiger partial charge in [0, 0.05) is 75.9 Å². The van der Waals surface area contributed by atoms with Gasteiger partial charge in [-0.1, -0.05) is 13.8 Å². The lowest BCUT2D eigenvalue weighted by Crippen LogP contribution is -2.59. The molecule has 6 heterocycles. The van der Waals surface area contributed by atoms with Crippen molar-refractivity contribution in [3.63, 3.8) is 0 Å². The van der Waals surface area contributed by atoms with Crippen LogP contribution in [0.25, 0.3) is 11.1 Å². The Morgan fingerprint density at radius 3 is 2.54 bits per heavy atom. The molecule has 12 nitrogen and oxygen atoms in total. The van der Waals surface area contributed by atoms with Crippen LogP contribution in [-0.2, 0) is 31.2 Å². The van der Waals surface area contributed by atoms with E-state index in [1.807, 2.05) is 18.2 Å². The SMILES string of the molecule is CNC(=O)c1c(-c2cc(Nc3ccc(N4CCN(C5COC5)CC4C)cn3)c(=O)n(C)c2)cc(F)cc1N1CCn2c(cc3c2CC(C)(C)C3)C1=O. The molecule has 0 radical (unpaired) electrons. The summed E-state index contributed by atoms with van der Waals surface area (Å²) in [6.45, 7) is 11.9. The number of hydrogen-bond acceptors (Lipinski definition) is 8. The molecule has 1 aromatic carbocycles. The summed E-state index contributed by atoms with van der Waals surface area (Å²) in [7, 11) is 3.11. The van der Waals surface area contributed by atoms with E-state index in [9.17, 15) is 14.4 Å². The molecule has 13 heteroatoms. The summed E-state index contributed by atoms with van der Waals surface area (Å²) >= 11 is 0. The van der Waals surface area contributed by atoms with Gasteiger partial charge in [0.2, 0.25) is 0 Å². The number of nitrogens with one attached hydrogen (secondary N) is 2. The first kappa shape index (κ1) is 34.1. The third kappa shape index (κ3) is 5.95. The summed E-state index contributed by atoms with van der Waals surface area (Å²) in [5.41, 5.74) is 4.95. The van der Waals surface area contributed by atoms with Gasteiger partial charge in [-0.05, 0) is 67.1 Å². The minimum absolute atomic E-state index is 0.139. The van der Waals surface area contributed by atoms with Crippen molar-refractivity contribution in [1.29, 1.82) is 0 Å². The quantitative estimate of drug-likeness (QED) is 0.294. The fraction of sp³-hybridized carbons (Fsp3) is 0.436. The molecular formula is C39H45FN8O4. The number of nitrogens with zero attached hydrogens (tertiary/aromatic N) is 6. The summed E-state index contributed by atoms with van der Waals surface area (Å²) < 4.78 is 24.5. The maximum absolute atomic E-state index is 15.6.